The highest BCUT2D eigenvalue weighted by Crippen LogP contribution is 2.15. The number of hydrogen-bond acceptors (Lipinski definition) is 5. The molecule has 0 radical (unpaired) electrons. The molecule has 0 unspecified atom stereocenters. The van der Waals surface area contributed by atoms with E-state index in [0.29, 0.717) is 6.61 Å². The third kappa shape index (κ3) is 9.82. The summed E-state index contributed by atoms with van der Waals surface area (Å²) < 4.78 is 10.8. The van der Waals surface area contributed by atoms with E-state index in [1.807, 2.05) is 0 Å². The van der Waals surface area contributed by atoms with Crippen molar-refractivity contribution in [1.82, 2.24) is 10.6 Å². The molecular formula is C21H32N2O6. The van der Waals surface area contributed by atoms with Gasteiger partial charge in [0.25, 0.3) is 0 Å². The molecule has 1 aromatic carbocycles. The molecule has 0 aliphatic heterocycles. The predicted octanol–water partition coefficient (Wildman–Crippen LogP) is 2.89. The maximum absolute atomic E-state index is 12.5. The third-order valence-electron chi connectivity index (χ3n) is 3.87. The molecule has 8 nitrogen and oxygen atoms in total. The molecule has 0 fully saturated rings. The monoisotopic (exact) mass is 408 g/mol. The fourth-order valence-corrected chi connectivity index (χ4v) is 2.33. The Hall–Kier alpha value is -2.77. The zero-order valence-corrected chi connectivity index (χ0v) is 17.8. The summed E-state index contributed by atoms with van der Waals surface area (Å²) in [5.74, 6) is -1.04. The maximum Gasteiger partial charge on any atom is 0.408 e. The van der Waals surface area contributed by atoms with Gasteiger partial charge in [-0.3, -0.25) is 9.59 Å². The quantitative estimate of drug-likeness (QED) is 0.513. The van der Waals surface area contributed by atoms with Crippen LogP contribution in [0.4, 0.5) is 4.79 Å². The first kappa shape index (κ1) is 24.3. The van der Waals surface area contributed by atoms with E-state index in [1.54, 1.807) is 45.0 Å². The number of unbranched alkanes of at least 4 members (excludes halogenated alkanes) is 1. The summed E-state index contributed by atoms with van der Waals surface area (Å²) in [6.45, 7) is 9.21. The minimum atomic E-state index is -1.16. The number of carbonyl (C=O) groups is 3. The largest absolute Gasteiger partial charge is 0.494 e. The van der Waals surface area contributed by atoms with E-state index in [2.05, 4.69) is 17.6 Å². The highest BCUT2D eigenvalue weighted by Gasteiger charge is 2.26. The van der Waals surface area contributed by atoms with E-state index < -0.39 is 35.7 Å². The van der Waals surface area contributed by atoms with Crippen molar-refractivity contribution in [2.75, 3.05) is 6.61 Å². The van der Waals surface area contributed by atoms with Crippen molar-refractivity contribution in [2.45, 2.75) is 71.6 Å². The number of carbonyl (C=O) groups excluding carboxylic acids is 2. The van der Waals surface area contributed by atoms with Crippen LogP contribution in [0, 0.1) is 0 Å². The number of alkyl carbamates (subject to hydrolysis) is 1. The number of carboxylic acid groups (broad SMARTS) is 1. The molecular weight excluding hydrogens is 376 g/mol. The molecule has 0 bridgehead atoms. The van der Waals surface area contributed by atoms with Crippen LogP contribution >= 0.6 is 0 Å². The fraction of sp³-hybridized carbons (Fsp3) is 0.571. The van der Waals surface area contributed by atoms with Crippen molar-refractivity contribution in [3.05, 3.63) is 29.8 Å². The van der Waals surface area contributed by atoms with E-state index in [9.17, 15) is 14.4 Å². The van der Waals surface area contributed by atoms with Crippen LogP contribution in [0.25, 0.3) is 0 Å². The molecule has 0 aromatic heterocycles. The molecule has 3 N–H and O–H groups in total. The first-order valence-corrected chi connectivity index (χ1v) is 9.76. The van der Waals surface area contributed by atoms with Gasteiger partial charge >= 0.3 is 12.1 Å². The summed E-state index contributed by atoms with van der Waals surface area (Å²) in [7, 11) is 0. The van der Waals surface area contributed by atoms with E-state index in [4.69, 9.17) is 14.6 Å². The average molecular weight is 408 g/mol. The van der Waals surface area contributed by atoms with Gasteiger partial charge in [0.15, 0.2) is 0 Å². The molecule has 162 valence electrons. The summed E-state index contributed by atoms with van der Waals surface area (Å²) in [4.78, 5) is 35.7. The average Bonchev–Trinajstić information content (AvgIpc) is 2.61. The Morgan fingerprint density at radius 3 is 2.24 bits per heavy atom. The van der Waals surface area contributed by atoms with Crippen molar-refractivity contribution in [1.29, 1.82) is 0 Å². The molecule has 0 saturated heterocycles. The lowest BCUT2D eigenvalue weighted by atomic mass is 10.0. The minimum Gasteiger partial charge on any atom is -0.494 e. The summed E-state index contributed by atoms with van der Waals surface area (Å²) in [6.07, 6.45) is 1.43. The molecule has 0 saturated carbocycles. The van der Waals surface area contributed by atoms with Crippen LogP contribution in [0.3, 0.4) is 0 Å². The van der Waals surface area contributed by atoms with E-state index in [0.717, 1.165) is 24.2 Å². The Balaban J connectivity index is 2.85. The van der Waals surface area contributed by atoms with Crippen LogP contribution in [0.2, 0.25) is 0 Å². The van der Waals surface area contributed by atoms with Crippen molar-refractivity contribution in [3.8, 4) is 5.75 Å². The second kappa shape index (κ2) is 11.3. The number of benzene rings is 1. The SMILES string of the molecule is CCCCOc1ccc(C[C@H](NC(=O)OC(C)(C)C)C(=O)N[C@@H](C)C(=O)O)cc1. The normalized spacial score (nSPS) is 13.1. The third-order valence-corrected chi connectivity index (χ3v) is 3.87. The number of nitrogens with one attached hydrogen (secondary N) is 2. The van der Waals surface area contributed by atoms with Gasteiger partial charge in [-0.2, -0.15) is 0 Å². The molecule has 8 heteroatoms. The molecule has 2 amide bonds. The lowest BCUT2D eigenvalue weighted by Crippen LogP contribution is -2.52. The van der Waals surface area contributed by atoms with Crippen molar-refractivity contribution >= 4 is 18.0 Å². The zero-order valence-electron chi connectivity index (χ0n) is 17.8. The Morgan fingerprint density at radius 2 is 1.72 bits per heavy atom. The Morgan fingerprint density at radius 1 is 1.10 bits per heavy atom. The standard InChI is InChI=1S/C21H32N2O6/c1-6-7-12-28-16-10-8-15(9-11-16)13-17(18(24)22-14(2)19(25)26)23-20(27)29-21(3,4)5/h8-11,14,17H,6-7,12-13H2,1-5H3,(H,22,24)(H,23,27)(H,25,26)/t14-,17-/m0/s1. The number of hydrogen-bond donors (Lipinski definition) is 3. The molecule has 2 atom stereocenters. The summed E-state index contributed by atoms with van der Waals surface area (Å²) >= 11 is 0. The topological polar surface area (TPSA) is 114 Å². The van der Waals surface area contributed by atoms with Crippen LogP contribution in [0.1, 0.15) is 53.0 Å². The number of aliphatic carboxylic acids is 1. The van der Waals surface area contributed by atoms with E-state index >= 15 is 0 Å². The molecule has 1 aromatic rings. The number of carboxylic acids is 1. The summed E-state index contributed by atoms with van der Waals surface area (Å²) in [5, 5.41) is 13.9. The molecule has 1 rings (SSSR count). The first-order valence-electron chi connectivity index (χ1n) is 9.76. The second-order valence-corrected chi connectivity index (χ2v) is 7.82. The number of ether oxygens (including phenoxy) is 2. The molecule has 0 aliphatic carbocycles. The first-order chi connectivity index (χ1) is 13.5. The minimum absolute atomic E-state index is 0.173. The van der Waals surface area contributed by atoms with Gasteiger partial charge in [0.1, 0.15) is 23.4 Å². The van der Waals surface area contributed by atoms with Gasteiger partial charge in [0, 0.05) is 6.42 Å². The van der Waals surface area contributed by atoms with E-state index in [-0.39, 0.29) is 6.42 Å². The second-order valence-electron chi connectivity index (χ2n) is 7.82. The Bertz CT molecular complexity index is 681. The highest BCUT2D eigenvalue weighted by atomic mass is 16.6. The predicted molar refractivity (Wildman–Crippen MR) is 109 cm³/mol. The van der Waals surface area contributed by atoms with Crippen molar-refractivity contribution < 1.29 is 29.0 Å². The van der Waals surface area contributed by atoms with E-state index in [1.165, 1.54) is 6.92 Å². The van der Waals surface area contributed by atoms with Crippen LogP contribution < -0.4 is 15.4 Å². The fourth-order valence-electron chi connectivity index (χ4n) is 2.33. The van der Waals surface area contributed by atoms with Crippen LogP contribution in [0.5, 0.6) is 5.75 Å². The molecule has 0 heterocycles. The smallest absolute Gasteiger partial charge is 0.408 e. The maximum atomic E-state index is 12.5. The van der Waals surface area contributed by atoms with Crippen molar-refractivity contribution in [3.63, 3.8) is 0 Å². The Kier molecular flexibility index (Phi) is 9.44. The lowest BCUT2D eigenvalue weighted by molar-refractivity contribution is -0.141. The van der Waals surface area contributed by atoms with Crippen molar-refractivity contribution in [2.24, 2.45) is 0 Å². The van der Waals surface area contributed by atoms with Gasteiger partial charge in [-0.1, -0.05) is 25.5 Å². The van der Waals surface area contributed by atoms with Crippen LogP contribution in [-0.2, 0) is 20.7 Å². The van der Waals surface area contributed by atoms with Crippen LogP contribution in [0.15, 0.2) is 24.3 Å². The van der Waals surface area contributed by atoms with Gasteiger partial charge in [0.2, 0.25) is 5.91 Å². The number of amides is 2. The highest BCUT2D eigenvalue weighted by molar-refractivity contribution is 5.89. The number of rotatable bonds is 10. The van der Waals surface area contributed by atoms with Gasteiger partial charge in [-0.15, -0.1) is 0 Å². The van der Waals surface area contributed by atoms with Crippen LogP contribution in [-0.4, -0.2) is 47.4 Å². The molecule has 0 aliphatic rings. The summed E-state index contributed by atoms with van der Waals surface area (Å²) in [6, 6.07) is 5.14. The van der Waals surface area contributed by atoms with Gasteiger partial charge in [-0.05, 0) is 51.8 Å². The molecule has 29 heavy (non-hydrogen) atoms. The lowest BCUT2D eigenvalue weighted by Gasteiger charge is -2.24. The van der Waals surface area contributed by atoms with Gasteiger partial charge in [-0.25, -0.2) is 4.79 Å². The molecule has 0 spiro atoms. The zero-order chi connectivity index (χ0) is 22.0. The summed E-state index contributed by atoms with van der Waals surface area (Å²) in [5.41, 5.74) is 0.0590. The van der Waals surface area contributed by atoms with Gasteiger partial charge < -0.3 is 25.2 Å². The van der Waals surface area contributed by atoms with Gasteiger partial charge in [0.05, 0.1) is 6.61 Å². The Labute approximate surface area is 172 Å².